The first-order valence-electron chi connectivity index (χ1n) is 9.40. The lowest BCUT2D eigenvalue weighted by Crippen LogP contribution is -2.26. The zero-order valence-corrected chi connectivity index (χ0v) is 16.8. The maximum Gasteiger partial charge on any atom is 0.251 e. The Kier molecular flexibility index (Phi) is 6.74. The van der Waals surface area contributed by atoms with Gasteiger partial charge in [-0.05, 0) is 55.0 Å². The number of hydrogen-bond acceptors (Lipinski definition) is 4. The largest absolute Gasteiger partial charge is 0.497 e. The van der Waals surface area contributed by atoms with Crippen LogP contribution in [0.1, 0.15) is 34.5 Å². The van der Waals surface area contributed by atoms with E-state index >= 15 is 0 Å². The average Bonchev–Trinajstić information content (AvgIpc) is 2.78. The van der Waals surface area contributed by atoms with E-state index in [1.807, 2.05) is 61.5 Å². The number of hydrogen-bond donors (Lipinski definition) is 1. The third kappa shape index (κ3) is 5.29. The monoisotopic (exact) mass is 391 g/mol. The molecule has 0 aliphatic heterocycles. The van der Waals surface area contributed by atoms with Crippen LogP contribution >= 0.6 is 0 Å². The van der Waals surface area contributed by atoms with Crippen LogP contribution in [0.2, 0.25) is 0 Å². The maximum absolute atomic E-state index is 12.7. The standard InChI is InChI=1S/C24H25NO4/c1-17(18-7-5-4-6-8-18)25-24(26)19-9-14-23(28-3)20(15-19)16-29-22-12-10-21(27-2)11-13-22/h4-15,17H,16H2,1-3H3,(H,25,26)/t17-/m1/s1. The normalized spacial score (nSPS) is 11.4. The molecule has 150 valence electrons. The average molecular weight is 391 g/mol. The van der Waals surface area contributed by atoms with Crippen molar-refractivity contribution in [3.05, 3.63) is 89.5 Å². The van der Waals surface area contributed by atoms with Gasteiger partial charge in [-0.1, -0.05) is 30.3 Å². The Morgan fingerprint density at radius 2 is 1.59 bits per heavy atom. The van der Waals surface area contributed by atoms with Gasteiger partial charge in [-0.3, -0.25) is 4.79 Å². The molecule has 0 radical (unpaired) electrons. The van der Waals surface area contributed by atoms with Crippen molar-refractivity contribution in [2.24, 2.45) is 0 Å². The van der Waals surface area contributed by atoms with E-state index in [9.17, 15) is 4.79 Å². The first-order valence-corrected chi connectivity index (χ1v) is 9.40. The van der Waals surface area contributed by atoms with Crippen molar-refractivity contribution in [3.63, 3.8) is 0 Å². The van der Waals surface area contributed by atoms with Gasteiger partial charge in [-0.2, -0.15) is 0 Å². The molecule has 0 aliphatic carbocycles. The summed E-state index contributed by atoms with van der Waals surface area (Å²) in [5, 5.41) is 3.03. The zero-order chi connectivity index (χ0) is 20.6. The van der Waals surface area contributed by atoms with E-state index in [2.05, 4.69) is 5.32 Å². The molecule has 5 nitrogen and oxygen atoms in total. The van der Waals surface area contributed by atoms with Crippen LogP contribution in [0.4, 0.5) is 0 Å². The molecule has 0 bridgehead atoms. The van der Waals surface area contributed by atoms with Gasteiger partial charge >= 0.3 is 0 Å². The Morgan fingerprint density at radius 1 is 0.897 bits per heavy atom. The second-order valence-electron chi connectivity index (χ2n) is 6.60. The minimum atomic E-state index is -0.144. The van der Waals surface area contributed by atoms with Crippen molar-refractivity contribution in [2.45, 2.75) is 19.6 Å². The molecule has 0 heterocycles. The van der Waals surface area contributed by atoms with Gasteiger partial charge in [0.2, 0.25) is 0 Å². The molecule has 1 atom stereocenters. The third-order valence-electron chi connectivity index (χ3n) is 4.64. The first-order chi connectivity index (χ1) is 14.1. The number of amides is 1. The van der Waals surface area contributed by atoms with Gasteiger partial charge < -0.3 is 19.5 Å². The van der Waals surface area contributed by atoms with Crippen molar-refractivity contribution in [1.82, 2.24) is 5.32 Å². The second-order valence-corrected chi connectivity index (χ2v) is 6.60. The minimum Gasteiger partial charge on any atom is -0.497 e. The second kappa shape index (κ2) is 9.64. The highest BCUT2D eigenvalue weighted by atomic mass is 16.5. The molecule has 1 N–H and O–H groups in total. The summed E-state index contributed by atoms with van der Waals surface area (Å²) in [5.41, 5.74) is 2.41. The first kappa shape index (κ1) is 20.3. The summed E-state index contributed by atoms with van der Waals surface area (Å²) in [7, 11) is 3.22. The molecule has 0 spiro atoms. The van der Waals surface area contributed by atoms with Gasteiger partial charge in [-0.25, -0.2) is 0 Å². The number of rotatable bonds is 8. The lowest BCUT2D eigenvalue weighted by atomic mass is 10.1. The van der Waals surface area contributed by atoms with Crippen molar-refractivity contribution < 1.29 is 19.0 Å². The van der Waals surface area contributed by atoms with Gasteiger partial charge in [0.1, 0.15) is 23.9 Å². The van der Waals surface area contributed by atoms with Crippen LogP contribution in [0.3, 0.4) is 0 Å². The molecule has 0 saturated heterocycles. The minimum absolute atomic E-state index is 0.0928. The summed E-state index contributed by atoms with van der Waals surface area (Å²) in [5.74, 6) is 2.00. The number of carbonyl (C=O) groups excluding carboxylic acids is 1. The fourth-order valence-corrected chi connectivity index (χ4v) is 2.97. The summed E-state index contributed by atoms with van der Waals surface area (Å²) in [4.78, 5) is 12.7. The Labute approximate surface area is 171 Å². The molecule has 3 rings (SSSR count). The van der Waals surface area contributed by atoms with Crippen LogP contribution in [0.25, 0.3) is 0 Å². The quantitative estimate of drug-likeness (QED) is 0.601. The summed E-state index contributed by atoms with van der Waals surface area (Å²) in [6, 6.07) is 22.4. The van der Waals surface area contributed by atoms with Crippen LogP contribution in [0.5, 0.6) is 17.2 Å². The van der Waals surface area contributed by atoms with Gasteiger partial charge in [0.25, 0.3) is 5.91 Å². The fraction of sp³-hybridized carbons (Fsp3) is 0.208. The summed E-state index contributed by atoms with van der Waals surface area (Å²) >= 11 is 0. The van der Waals surface area contributed by atoms with E-state index in [4.69, 9.17) is 14.2 Å². The molecule has 29 heavy (non-hydrogen) atoms. The van der Waals surface area contributed by atoms with Crippen molar-refractivity contribution in [1.29, 1.82) is 0 Å². The Balaban J connectivity index is 1.71. The SMILES string of the molecule is COc1ccc(OCc2cc(C(=O)N[C@H](C)c3ccccc3)ccc2OC)cc1. The van der Waals surface area contributed by atoms with Crippen LogP contribution in [-0.2, 0) is 6.61 Å². The highest BCUT2D eigenvalue weighted by Crippen LogP contribution is 2.24. The third-order valence-corrected chi connectivity index (χ3v) is 4.64. The highest BCUT2D eigenvalue weighted by molar-refractivity contribution is 5.94. The molecule has 0 saturated carbocycles. The number of benzene rings is 3. The molecule has 0 aliphatic rings. The summed E-state index contributed by atoms with van der Waals surface area (Å²) in [6.45, 7) is 2.25. The highest BCUT2D eigenvalue weighted by Gasteiger charge is 2.14. The molecule has 5 heteroatoms. The van der Waals surface area contributed by atoms with Crippen LogP contribution in [-0.4, -0.2) is 20.1 Å². The topological polar surface area (TPSA) is 56.8 Å². The van der Waals surface area contributed by atoms with Gasteiger partial charge in [0, 0.05) is 11.1 Å². The number of ether oxygens (including phenoxy) is 3. The number of carbonyl (C=O) groups is 1. The molecule has 3 aromatic rings. The van der Waals surface area contributed by atoms with E-state index in [0.29, 0.717) is 17.1 Å². The molecule has 0 unspecified atom stereocenters. The molecule has 3 aromatic carbocycles. The lowest BCUT2D eigenvalue weighted by Gasteiger charge is -2.16. The fourth-order valence-electron chi connectivity index (χ4n) is 2.97. The predicted molar refractivity (Wildman–Crippen MR) is 113 cm³/mol. The van der Waals surface area contributed by atoms with Crippen LogP contribution in [0.15, 0.2) is 72.8 Å². The van der Waals surface area contributed by atoms with E-state index in [1.54, 1.807) is 32.4 Å². The van der Waals surface area contributed by atoms with E-state index in [1.165, 1.54) is 0 Å². The number of nitrogens with one attached hydrogen (secondary N) is 1. The summed E-state index contributed by atoms with van der Waals surface area (Å²) < 4.78 is 16.4. The van der Waals surface area contributed by atoms with Gasteiger partial charge in [-0.15, -0.1) is 0 Å². The zero-order valence-electron chi connectivity index (χ0n) is 16.8. The van der Waals surface area contributed by atoms with E-state index < -0.39 is 0 Å². The molecule has 0 fully saturated rings. The lowest BCUT2D eigenvalue weighted by molar-refractivity contribution is 0.0939. The van der Waals surface area contributed by atoms with E-state index in [0.717, 1.165) is 16.9 Å². The smallest absolute Gasteiger partial charge is 0.251 e. The van der Waals surface area contributed by atoms with Gasteiger partial charge in [0.05, 0.1) is 20.3 Å². The summed E-state index contributed by atoms with van der Waals surface area (Å²) in [6.07, 6.45) is 0. The molecular weight excluding hydrogens is 366 g/mol. The van der Waals surface area contributed by atoms with Crippen molar-refractivity contribution in [3.8, 4) is 17.2 Å². The van der Waals surface area contributed by atoms with Crippen LogP contribution < -0.4 is 19.5 Å². The van der Waals surface area contributed by atoms with Crippen LogP contribution in [0, 0.1) is 0 Å². The predicted octanol–water partition coefficient (Wildman–Crippen LogP) is 4.77. The Hall–Kier alpha value is -3.47. The van der Waals surface area contributed by atoms with E-state index in [-0.39, 0.29) is 18.6 Å². The van der Waals surface area contributed by atoms with Crippen molar-refractivity contribution >= 4 is 5.91 Å². The number of methoxy groups -OCH3 is 2. The maximum atomic E-state index is 12.7. The van der Waals surface area contributed by atoms with Crippen molar-refractivity contribution in [2.75, 3.05) is 14.2 Å². The Morgan fingerprint density at radius 3 is 2.24 bits per heavy atom. The molecule has 0 aromatic heterocycles. The van der Waals surface area contributed by atoms with Gasteiger partial charge in [0.15, 0.2) is 0 Å². The Bertz CT molecular complexity index is 939. The molecule has 1 amide bonds. The molecular formula is C24H25NO4.